The molecule has 0 radical (unpaired) electrons. The molecule has 2 aliphatic rings. The minimum atomic E-state index is -0.549. The van der Waals surface area contributed by atoms with Gasteiger partial charge in [0, 0.05) is 28.7 Å². The Morgan fingerprint density at radius 3 is 2.37 bits per heavy atom. The Kier molecular flexibility index (Phi) is 8.52. The van der Waals surface area contributed by atoms with Crippen molar-refractivity contribution >= 4 is 81.3 Å². The Hall–Kier alpha value is -1.94. The topological polar surface area (TPSA) is 76.2 Å². The maximum absolute atomic E-state index is 12.8. The first kappa shape index (κ1) is 26.1. The molecule has 0 aromatic heterocycles. The molecule has 2 saturated heterocycles. The van der Waals surface area contributed by atoms with Gasteiger partial charge in [0.05, 0.1) is 28.2 Å². The number of thioether (sulfide) groups is 1. The summed E-state index contributed by atoms with van der Waals surface area (Å²) in [4.78, 5) is 40.3. The molecule has 0 bridgehead atoms. The number of rotatable bonds is 6. The van der Waals surface area contributed by atoms with E-state index in [1.165, 1.54) is 6.08 Å². The summed E-state index contributed by atoms with van der Waals surface area (Å²) < 4.78 is 11.0. The van der Waals surface area contributed by atoms with E-state index in [9.17, 15) is 14.4 Å². The summed E-state index contributed by atoms with van der Waals surface area (Å²) in [6.45, 7) is 1.53. The van der Waals surface area contributed by atoms with Crippen LogP contribution in [-0.4, -0.2) is 59.7 Å². The number of imide groups is 1. The van der Waals surface area contributed by atoms with Crippen LogP contribution in [0.3, 0.4) is 0 Å². The minimum absolute atomic E-state index is 0.116. The number of morpholine rings is 1. The standard InChI is InChI=1S/C23H18Cl4N2O5S/c24-15-2-1-14(16(25)10-15)12-34-21-17(26)7-13(8-18(21)27)9-19-22(31)29(23(32)35-19)11-20(30)28-3-5-33-6-4-28/h1-2,7-10H,3-6,11-12H2/b19-9+. The van der Waals surface area contributed by atoms with Crippen molar-refractivity contribution in [1.29, 1.82) is 0 Å². The Morgan fingerprint density at radius 2 is 1.71 bits per heavy atom. The number of amides is 3. The fourth-order valence-corrected chi connectivity index (χ4v) is 5.34. The summed E-state index contributed by atoms with van der Waals surface area (Å²) in [6, 6.07) is 8.18. The van der Waals surface area contributed by atoms with Crippen LogP contribution in [0, 0.1) is 0 Å². The van der Waals surface area contributed by atoms with E-state index in [0.29, 0.717) is 47.5 Å². The van der Waals surface area contributed by atoms with Crippen molar-refractivity contribution in [2.75, 3.05) is 32.8 Å². The molecular weight excluding hydrogens is 558 g/mol. The largest absolute Gasteiger partial charge is 0.486 e. The molecule has 0 N–H and O–H groups in total. The molecule has 4 rings (SSSR count). The van der Waals surface area contributed by atoms with Crippen LogP contribution in [0.15, 0.2) is 35.2 Å². The zero-order valence-electron chi connectivity index (χ0n) is 18.1. The first-order chi connectivity index (χ1) is 16.7. The fourth-order valence-electron chi connectivity index (χ4n) is 3.43. The van der Waals surface area contributed by atoms with Crippen LogP contribution in [0.2, 0.25) is 20.1 Å². The van der Waals surface area contributed by atoms with Crippen LogP contribution in [-0.2, 0) is 20.9 Å². The average molecular weight is 576 g/mol. The van der Waals surface area contributed by atoms with Crippen LogP contribution in [0.5, 0.6) is 5.75 Å². The first-order valence-electron chi connectivity index (χ1n) is 10.4. The molecule has 2 aliphatic heterocycles. The van der Waals surface area contributed by atoms with E-state index in [4.69, 9.17) is 55.9 Å². The van der Waals surface area contributed by atoms with Crippen molar-refractivity contribution in [2.24, 2.45) is 0 Å². The smallest absolute Gasteiger partial charge is 0.294 e. The number of benzene rings is 2. The van der Waals surface area contributed by atoms with Gasteiger partial charge in [-0.3, -0.25) is 19.3 Å². The lowest BCUT2D eigenvalue weighted by Crippen LogP contribution is -2.46. The van der Waals surface area contributed by atoms with E-state index in [1.807, 2.05) is 0 Å². The van der Waals surface area contributed by atoms with Gasteiger partial charge in [-0.2, -0.15) is 0 Å². The number of carbonyl (C=O) groups excluding carboxylic acids is 3. The van der Waals surface area contributed by atoms with Gasteiger partial charge in [0.2, 0.25) is 5.91 Å². The molecule has 0 atom stereocenters. The van der Waals surface area contributed by atoms with Crippen molar-refractivity contribution < 1.29 is 23.9 Å². The lowest BCUT2D eigenvalue weighted by atomic mass is 10.2. The van der Waals surface area contributed by atoms with Gasteiger partial charge in [-0.1, -0.05) is 52.5 Å². The van der Waals surface area contributed by atoms with Crippen LogP contribution in [0.4, 0.5) is 4.79 Å². The number of halogens is 4. The molecule has 0 unspecified atom stereocenters. The van der Waals surface area contributed by atoms with Gasteiger partial charge in [0.15, 0.2) is 5.75 Å². The fraction of sp³-hybridized carbons (Fsp3) is 0.261. The third-order valence-electron chi connectivity index (χ3n) is 5.24. The van der Waals surface area contributed by atoms with Gasteiger partial charge in [0.1, 0.15) is 13.2 Å². The summed E-state index contributed by atoms with van der Waals surface area (Å²) in [7, 11) is 0. The van der Waals surface area contributed by atoms with E-state index >= 15 is 0 Å². The molecule has 7 nitrogen and oxygen atoms in total. The number of hydrogen-bond acceptors (Lipinski definition) is 6. The number of nitrogens with zero attached hydrogens (tertiary/aromatic N) is 2. The third-order valence-corrected chi connectivity index (χ3v) is 7.29. The van der Waals surface area contributed by atoms with Crippen molar-refractivity contribution in [3.05, 3.63) is 66.5 Å². The first-order valence-corrected chi connectivity index (χ1v) is 12.7. The zero-order chi connectivity index (χ0) is 25.1. The highest BCUT2D eigenvalue weighted by molar-refractivity contribution is 8.18. The summed E-state index contributed by atoms with van der Waals surface area (Å²) in [5.41, 5.74) is 1.20. The predicted molar refractivity (Wildman–Crippen MR) is 137 cm³/mol. The quantitative estimate of drug-likeness (QED) is 0.407. The van der Waals surface area contributed by atoms with Crippen LogP contribution < -0.4 is 4.74 Å². The Morgan fingerprint density at radius 1 is 1.03 bits per heavy atom. The van der Waals surface area contributed by atoms with Crippen molar-refractivity contribution in [3.8, 4) is 5.75 Å². The second-order valence-corrected chi connectivity index (χ2v) is 10.3. The van der Waals surface area contributed by atoms with Gasteiger partial charge < -0.3 is 14.4 Å². The molecule has 184 valence electrons. The predicted octanol–water partition coefficient (Wildman–Crippen LogP) is 5.77. The summed E-state index contributed by atoms with van der Waals surface area (Å²) >= 11 is 25.6. The Bertz CT molecular complexity index is 1190. The second kappa shape index (κ2) is 11.4. The van der Waals surface area contributed by atoms with Gasteiger partial charge >= 0.3 is 0 Å². The third kappa shape index (κ3) is 6.25. The monoisotopic (exact) mass is 574 g/mol. The normalized spacial score (nSPS) is 17.4. The highest BCUT2D eigenvalue weighted by Gasteiger charge is 2.37. The SMILES string of the molecule is O=C(CN1C(=O)S/C(=C/c2cc(Cl)c(OCc3ccc(Cl)cc3Cl)c(Cl)c2)C1=O)N1CCOCC1. The highest BCUT2D eigenvalue weighted by atomic mass is 35.5. The average Bonchev–Trinajstić information content (AvgIpc) is 3.07. The maximum Gasteiger partial charge on any atom is 0.294 e. The lowest BCUT2D eigenvalue weighted by Gasteiger charge is -2.28. The number of hydrogen-bond donors (Lipinski definition) is 0. The van der Waals surface area contributed by atoms with Crippen LogP contribution >= 0.6 is 58.2 Å². The summed E-state index contributed by atoms with van der Waals surface area (Å²) in [5.74, 6) is -0.600. The molecule has 2 fully saturated rings. The zero-order valence-corrected chi connectivity index (χ0v) is 21.9. The number of ether oxygens (including phenoxy) is 2. The van der Waals surface area contributed by atoms with Crippen molar-refractivity contribution in [3.63, 3.8) is 0 Å². The van der Waals surface area contributed by atoms with E-state index in [0.717, 1.165) is 16.7 Å². The molecule has 35 heavy (non-hydrogen) atoms. The highest BCUT2D eigenvalue weighted by Crippen LogP contribution is 2.38. The molecular formula is C23H18Cl4N2O5S. The Balaban J connectivity index is 1.45. The van der Waals surface area contributed by atoms with Gasteiger partial charge in [0.25, 0.3) is 11.1 Å². The molecule has 2 heterocycles. The van der Waals surface area contributed by atoms with Crippen LogP contribution in [0.25, 0.3) is 6.08 Å². The van der Waals surface area contributed by atoms with E-state index in [2.05, 4.69) is 0 Å². The summed E-state index contributed by atoms with van der Waals surface area (Å²) in [5, 5.41) is 0.879. The van der Waals surface area contributed by atoms with Crippen molar-refractivity contribution in [1.82, 2.24) is 9.80 Å². The maximum atomic E-state index is 12.8. The van der Waals surface area contributed by atoms with E-state index in [1.54, 1.807) is 35.2 Å². The van der Waals surface area contributed by atoms with Gasteiger partial charge in [-0.15, -0.1) is 0 Å². The number of carbonyl (C=O) groups is 3. The molecule has 2 aromatic carbocycles. The molecule has 3 amide bonds. The van der Waals surface area contributed by atoms with E-state index < -0.39 is 11.1 Å². The molecule has 0 spiro atoms. The van der Waals surface area contributed by atoms with Crippen molar-refractivity contribution in [2.45, 2.75) is 6.61 Å². The molecule has 2 aromatic rings. The van der Waals surface area contributed by atoms with Gasteiger partial charge in [-0.05, 0) is 47.7 Å². The minimum Gasteiger partial charge on any atom is -0.486 e. The summed E-state index contributed by atoms with van der Waals surface area (Å²) in [6.07, 6.45) is 1.50. The van der Waals surface area contributed by atoms with Gasteiger partial charge in [-0.25, -0.2) is 0 Å². The Labute approximate surface area is 225 Å². The van der Waals surface area contributed by atoms with E-state index in [-0.39, 0.29) is 39.8 Å². The molecule has 0 aliphatic carbocycles. The molecule has 12 heteroatoms. The second-order valence-electron chi connectivity index (χ2n) is 7.60. The molecule has 0 saturated carbocycles. The lowest BCUT2D eigenvalue weighted by molar-refractivity contribution is -0.139. The van der Waals surface area contributed by atoms with Crippen LogP contribution in [0.1, 0.15) is 11.1 Å².